The summed E-state index contributed by atoms with van der Waals surface area (Å²) in [7, 11) is -3.57. The predicted molar refractivity (Wildman–Crippen MR) is 64.1 cm³/mol. The van der Waals surface area contributed by atoms with Gasteiger partial charge in [-0.3, -0.25) is 0 Å². The average Bonchev–Trinajstić information content (AvgIpc) is 2.72. The number of amides is 2. The van der Waals surface area contributed by atoms with E-state index in [-0.39, 0.29) is 31.6 Å². The quantitative estimate of drug-likeness (QED) is 0.737. The molecule has 0 aromatic heterocycles. The van der Waals surface area contributed by atoms with Gasteiger partial charge in [0.05, 0.1) is 12.1 Å². The fraction of sp³-hybridized carbons (Fsp3) is 0.800. The van der Waals surface area contributed by atoms with Crippen LogP contribution < -0.4 is 5.32 Å². The topological polar surface area (TPSA) is 93.5 Å². The second kappa shape index (κ2) is 4.74. The van der Waals surface area contributed by atoms with E-state index in [1.54, 1.807) is 11.8 Å². The van der Waals surface area contributed by atoms with Crippen molar-refractivity contribution < 1.29 is 13.2 Å². The standard InChI is InChI=1S/C10H16N4O3S/c1-2-9(5-11)18(16,17)13-3-4-14-8(7-13)6-12-10(14)15/h8-9H,2-4,6-7H2,1H3,(H,12,15). The van der Waals surface area contributed by atoms with Crippen LogP contribution in [0.2, 0.25) is 0 Å². The zero-order valence-electron chi connectivity index (χ0n) is 10.2. The smallest absolute Gasteiger partial charge is 0.317 e. The van der Waals surface area contributed by atoms with Gasteiger partial charge < -0.3 is 10.2 Å². The van der Waals surface area contributed by atoms with E-state index in [0.29, 0.717) is 13.1 Å². The van der Waals surface area contributed by atoms with Crippen LogP contribution in [0.5, 0.6) is 0 Å². The van der Waals surface area contributed by atoms with E-state index in [9.17, 15) is 13.2 Å². The Hall–Kier alpha value is -1.33. The van der Waals surface area contributed by atoms with Gasteiger partial charge in [0.25, 0.3) is 0 Å². The van der Waals surface area contributed by atoms with Crippen molar-refractivity contribution in [2.75, 3.05) is 26.2 Å². The third-order valence-electron chi connectivity index (χ3n) is 3.43. The minimum absolute atomic E-state index is 0.114. The van der Waals surface area contributed by atoms with Crippen molar-refractivity contribution in [1.82, 2.24) is 14.5 Å². The zero-order valence-corrected chi connectivity index (χ0v) is 11.0. The highest BCUT2D eigenvalue weighted by Crippen LogP contribution is 2.20. The Bertz CT molecular complexity index is 484. The third kappa shape index (κ3) is 2.04. The number of hydrogen-bond acceptors (Lipinski definition) is 4. The summed E-state index contributed by atoms with van der Waals surface area (Å²) in [5.74, 6) is 0. The van der Waals surface area contributed by atoms with Gasteiger partial charge in [-0.25, -0.2) is 13.2 Å². The van der Waals surface area contributed by atoms with Gasteiger partial charge in [0.1, 0.15) is 0 Å². The summed E-state index contributed by atoms with van der Waals surface area (Å²) >= 11 is 0. The third-order valence-corrected chi connectivity index (χ3v) is 5.64. The Morgan fingerprint density at radius 2 is 2.28 bits per heavy atom. The van der Waals surface area contributed by atoms with Crippen LogP contribution in [0.4, 0.5) is 4.79 Å². The zero-order chi connectivity index (χ0) is 13.3. The van der Waals surface area contributed by atoms with Gasteiger partial charge in [0, 0.05) is 26.2 Å². The van der Waals surface area contributed by atoms with Crippen LogP contribution >= 0.6 is 0 Å². The molecule has 0 aliphatic carbocycles. The number of sulfonamides is 1. The molecular formula is C10H16N4O3S. The van der Waals surface area contributed by atoms with Crippen LogP contribution in [0, 0.1) is 11.3 Å². The maximum Gasteiger partial charge on any atom is 0.317 e. The highest BCUT2D eigenvalue weighted by atomic mass is 32.2. The minimum Gasteiger partial charge on any atom is -0.336 e. The molecule has 2 atom stereocenters. The molecule has 7 nitrogen and oxygen atoms in total. The Kier molecular flexibility index (Phi) is 3.45. The fourth-order valence-electron chi connectivity index (χ4n) is 2.36. The molecule has 100 valence electrons. The predicted octanol–water partition coefficient (Wildman–Crippen LogP) is -0.672. The molecule has 0 saturated carbocycles. The normalized spacial score (nSPS) is 26.3. The molecular weight excluding hydrogens is 256 g/mol. The molecule has 2 amide bonds. The van der Waals surface area contributed by atoms with Gasteiger partial charge in [-0.1, -0.05) is 6.92 Å². The second-order valence-corrected chi connectivity index (χ2v) is 6.58. The van der Waals surface area contributed by atoms with E-state index >= 15 is 0 Å². The van der Waals surface area contributed by atoms with Gasteiger partial charge in [0.2, 0.25) is 10.0 Å². The van der Waals surface area contributed by atoms with Crippen molar-refractivity contribution in [3.05, 3.63) is 0 Å². The van der Waals surface area contributed by atoms with E-state index in [4.69, 9.17) is 5.26 Å². The highest BCUT2D eigenvalue weighted by Gasteiger charge is 2.41. The van der Waals surface area contributed by atoms with Gasteiger partial charge >= 0.3 is 6.03 Å². The largest absolute Gasteiger partial charge is 0.336 e. The first kappa shape index (κ1) is 13.1. The summed E-state index contributed by atoms with van der Waals surface area (Å²) in [6.45, 7) is 3.08. The molecule has 2 heterocycles. The van der Waals surface area contributed by atoms with Crippen LogP contribution in [-0.4, -0.2) is 61.1 Å². The number of urea groups is 1. The molecule has 18 heavy (non-hydrogen) atoms. The molecule has 2 fully saturated rings. The maximum atomic E-state index is 12.2. The molecule has 0 aromatic rings. The summed E-state index contributed by atoms with van der Waals surface area (Å²) in [4.78, 5) is 13.1. The Morgan fingerprint density at radius 1 is 1.56 bits per heavy atom. The molecule has 0 aromatic carbocycles. The molecule has 2 aliphatic heterocycles. The lowest BCUT2D eigenvalue weighted by Gasteiger charge is -2.36. The lowest BCUT2D eigenvalue weighted by atomic mass is 10.2. The van der Waals surface area contributed by atoms with Gasteiger partial charge in [0.15, 0.2) is 5.25 Å². The molecule has 1 N–H and O–H groups in total. The molecule has 8 heteroatoms. The Balaban J connectivity index is 2.13. The molecule has 0 bridgehead atoms. The average molecular weight is 272 g/mol. The number of nitriles is 1. The van der Waals surface area contributed by atoms with Crippen molar-refractivity contribution in [2.24, 2.45) is 0 Å². The molecule has 0 spiro atoms. The van der Waals surface area contributed by atoms with E-state index in [0.717, 1.165) is 0 Å². The van der Waals surface area contributed by atoms with Crippen molar-refractivity contribution in [3.8, 4) is 6.07 Å². The highest BCUT2D eigenvalue weighted by molar-refractivity contribution is 7.90. The molecule has 2 aliphatic rings. The molecule has 2 saturated heterocycles. The van der Waals surface area contributed by atoms with E-state index in [1.807, 2.05) is 6.07 Å². The van der Waals surface area contributed by atoms with Crippen LogP contribution in [0.25, 0.3) is 0 Å². The molecule has 2 unspecified atom stereocenters. The maximum absolute atomic E-state index is 12.2. The number of carbonyl (C=O) groups excluding carboxylic acids is 1. The first-order valence-corrected chi connectivity index (χ1v) is 7.44. The number of piperazine rings is 1. The van der Waals surface area contributed by atoms with Crippen molar-refractivity contribution >= 4 is 16.1 Å². The first-order valence-electron chi connectivity index (χ1n) is 5.93. The lowest BCUT2D eigenvalue weighted by Crippen LogP contribution is -2.55. The molecule has 0 radical (unpaired) electrons. The Morgan fingerprint density at radius 3 is 2.89 bits per heavy atom. The van der Waals surface area contributed by atoms with Crippen LogP contribution in [0.15, 0.2) is 0 Å². The summed E-state index contributed by atoms with van der Waals surface area (Å²) in [6, 6.07) is 1.58. The van der Waals surface area contributed by atoms with Crippen LogP contribution in [0.3, 0.4) is 0 Å². The summed E-state index contributed by atoms with van der Waals surface area (Å²) in [5, 5.41) is 10.6. The van der Waals surface area contributed by atoms with E-state index in [2.05, 4.69) is 5.32 Å². The number of rotatable bonds is 3. The summed E-state index contributed by atoms with van der Waals surface area (Å²) < 4.78 is 25.7. The number of nitrogens with zero attached hydrogens (tertiary/aromatic N) is 3. The van der Waals surface area contributed by atoms with E-state index in [1.165, 1.54) is 4.31 Å². The first-order chi connectivity index (χ1) is 8.50. The van der Waals surface area contributed by atoms with Crippen LogP contribution in [0.1, 0.15) is 13.3 Å². The van der Waals surface area contributed by atoms with Gasteiger partial charge in [-0.2, -0.15) is 9.57 Å². The minimum atomic E-state index is -3.57. The van der Waals surface area contributed by atoms with Gasteiger partial charge in [-0.15, -0.1) is 0 Å². The molecule has 2 rings (SSSR count). The SMILES string of the molecule is CCC(C#N)S(=O)(=O)N1CCN2C(=O)NCC2C1. The van der Waals surface area contributed by atoms with E-state index < -0.39 is 15.3 Å². The van der Waals surface area contributed by atoms with Crippen molar-refractivity contribution in [1.29, 1.82) is 5.26 Å². The number of fused-ring (bicyclic) bond motifs is 1. The lowest BCUT2D eigenvalue weighted by molar-refractivity contribution is 0.164. The number of nitrogens with one attached hydrogen (secondary N) is 1. The monoisotopic (exact) mass is 272 g/mol. The summed E-state index contributed by atoms with van der Waals surface area (Å²) in [5.41, 5.74) is 0. The number of hydrogen-bond donors (Lipinski definition) is 1. The van der Waals surface area contributed by atoms with Crippen LogP contribution in [-0.2, 0) is 10.0 Å². The summed E-state index contributed by atoms with van der Waals surface area (Å²) in [6.07, 6.45) is 0.279. The Labute approximate surface area is 106 Å². The van der Waals surface area contributed by atoms with Gasteiger partial charge in [-0.05, 0) is 6.42 Å². The second-order valence-electron chi connectivity index (χ2n) is 4.46. The fourth-order valence-corrected chi connectivity index (χ4v) is 3.99. The van der Waals surface area contributed by atoms with Crippen molar-refractivity contribution in [3.63, 3.8) is 0 Å². The number of carbonyl (C=O) groups is 1. The van der Waals surface area contributed by atoms with Crippen molar-refractivity contribution in [2.45, 2.75) is 24.6 Å².